The number of aromatic nitrogens is 2. The van der Waals surface area contributed by atoms with Crippen LogP contribution in [0.4, 0.5) is 4.39 Å². The van der Waals surface area contributed by atoms with Gasteiger partial charge in [0.1, 0.15) is 23.4 Å². The number of ketones is 1. The van der Waals surface area contributed by atoms with Crippen LogP contribution >= 0.6 is 0 Å². The van der Waals surface area contributed by atoms with Crippen LogP contribution in [0.5, 0.6) is 5.75 Å². The van der Waals surface area contributed by atoms with Crippen molar-refractivity contribution in [3.8, 4) is 5.75 Å². The van der Waals surface area contributed by atoms with Crippen LogP contribution in [0.1, 0.15) is 22.9 Å². The van der Waals surface area contributed by atoms with Crippen LogP contribution < -0.4 is 4.74 Å². The Balaban J connectivity index is 1.90. The van der Waals surface area contributed by atoms with Crippen LogP contribution in [0, 0.1) is 5.82 Å². The zero-order valence-corrected chi connectivity index (χ0v) is 16.5. The standard InChI is InChI=1S/C23H18FN3O4/c1-31-18-8-7-15(24)11-16(18)21(28)19-20(17-6-2-3-10-26-17)27(23(30)22(19)29)13-14-5-4-9-25-12-14/h2-12,20,28H,13H2,1H3/b21-19+. The minimum Gasteiger partial charge on any atom is -0.507 e. The van der Waals surface area contributed by atoms with Gasteiger partial charge in [-0.05, 0) is 42.0 Å². The third-order valence-corrected chi connectivity index (χ3v) is 5.00. The van der Waals surface area contributed by atoms with Crippen molar-refractivity contribution >= 4 is 17.4 Å². The molecule has 0 saturated carbocycles. The summed E-state index contributed by atoms with van der Waals surface area (Å²) >= 11 is 0. The molecule has 1 atom stereocenters. The Labute approximate surface area is 177 Å². The van der Waals surface area contributed by atoms with E-state index in [1.165, 1.54) is 30.3 Å². The van der Waals surface area contributed by atoms with Gasteiger partial charge >= 0.3 is 0 Å². The molecular formula is C23H18FN3O4. The molecule has 1 aliphatic rings. The topological polar surface area (TPSA) is 92.6 Å². The van der Waals surface area contributed by atoms with Gasteiger partial charge in [-0.3, -0.25) is 19.6 Å². The maximum absolute atomic E-state index is 13.9. The van der Waals surface area contributed by atoms with Gasteiger partial charge < -0.3 is 14.7 Å². The lowest BCUT2D eigenvalue weighted by Crippen LogP contribution is -2.29. The first-order valence-corrected chi connectivity index (χ1v) is 9.43. The van der Waals surface area contributed by atoms with E-state index in [9.17, 15) is 19.1 Å². The van der Waals surface area contributed by atoms with Crippen molar-refractivity contribution in [2.75, 3.05) is 7.11 Å². The van der Waals surface area contributed by atoms with E-state index < -0.39 is 29.3 Å². The minimum absolute atomic E-state index is 0.0252. The Morgan fingerprint density at radius 3 is 2.68 bits per heavy atom. The molecule has 1 fully saturated rings. The minimum atomic E-state index is -0.964. The SMILES string of the molecule is COc1ccc(F)cc1/C(O)=C1\C(=O)C(=O)N(Cc2cccnc2)C1c1ccccn1. The lowest BCUT2D eigenvalue weighted by atomic mass is 9.97. The molecular weight excluding hydrogens is 401 g/mol. The molecule has 156 valence electrons. The molecule has 1 unspecified atom stereocenters. The third kappa shape index (κ3) is 3.75. The number of aliphatic hydroxyl groups is 1. The molecule has 0 radical (unpaired) electrons. The van der Waals surface area contributed by atoms with E-state index in [0.717, 1.165) is 6.07 Å². The number of carbonyl (C=O) groups excluding carboxylic acids is 2. The first-order valence-electron chi connectivity index (χ1n) is 9.43. The zero-order valence-electron chi connectivity index (χ0n) is 16.5. The van der Waals surface area contributed by atoms with Crippen LogP contribution in [0.25, 0.3) is 5.76 Å². The zero-order chi connectivity index (χ0) is 22.0. The van der Waals surface area contributed by atoms with E-state index in [2.05, 4.69) is 9.97 Å². The van der Waals surface area contributed by atoms with Gasteiger partial charge in [-0.25, -0.2) is 4.39 Å². The number of hydrogen-bond acceptors (Lipinski definition) is 6. The maximum Gasteiger partial charge on any atom is 0.296 e. The van der Waals surface area contributed by atoms with E-state index >= 15 is 0 Å². The van der Waals surface area contributed by atoms with Crippen molar-refractivity contribution in [2.45, 2.75) is 12.6 Å². The van der Waals surface area contributed by atoms with Crippen LogP contribution in [-0.2, 0) is 16.1 Å². The molecule has 3 heterocycles. The molecule has 4 rings (SSSR count). The Morgan fingerprint density at radius 1 is 1.16 bits per heavy atom. The predicted molar refractivity (Wildman–Crippen MR) is 109 cm³/mol. The highest BCUT2D eigenvalue weighted by Gasteiger charge is 2.47. The number of ether oxygens (including phenoxy) is 1. The summed E-state index contributed by atoms with van der Waals surface area (Å²) in [5.74, 6) is -2.67. The monoisotopic (exact) mass is 419 g/mol. The number of aliphatic hydroxyl groups excluding tert-OH is 1. The summed E-state index contributed by atoms with van der Waals surface area (Å²) in [5.41, 5.74) is 0.885. The van der Waals surface area contributed by atoms with E-state index in [-0.39, 0.29) is 23.4 Å². The predicted octanol–water partition coefficient (Wildman–Crippen LogP) is 3.25. The molecule has 1 amide bonds. The number of likely N-dealkylation sites (tertiary alicyclic amines) is 1. The third-order valence-electron chi connectivity index (χ3n) is 5.00. The number of pyridine rings is 2. The fraction of sp³-hybridized carbons (Fsp3) is 0.130. The van der Waals surface area contributed by atoms with Gasteiger partial charge in [0.25, 0.3) is 11.7 Å². The summed E-state index contributed by atoms with van der Waals surface area (Å²) in [4.78, 5) is 35.6. The van der Waals surface area contributed by atoms with Crippen molar-refractivity contribution in [3.05, 3.63) is 95.3 Å². The summed E-state index contributed by atoms with van der Waals surface area (Å²) in [5, 5.41) is 11.1. The van der Waals surface area contributed by atoms with Gasteiger partial charge in [0.2, 0.25) is 0 Å². The van der Waals surface area contributed by atoms with Crippen LogP contribution in [0.2, 0.25) is 0 Å². The van der Waals surface area contributed by atoms with Gasteiger partial charge in [0.05, 0.1) is 23.9 Å². The van der Waals surface area contributed by atoms with Crippen LogP contribution in [-0.4, -0.2) is 38.8 Å². The number of Topliss-reactive ketones (excluding diaryl/α,β-unsaturated/α-hetero) is 1. The molecule has 2 aromatic heterocycles. The van der Waals surface area contributed by atoms with E-state index in [4.69, 9.17) is 4.74 Å². The van der Waals surface area contributed by atoms with E-state index in [1.54, 1.807) is 42.7 Å². The highest BCUT2D eigenvalue weighted by molar-refractivity contribution is 6.46. The molecule has 8 heteroatoms. The summed E-state index contributed by atoms with van der Waals surface area (Å²) in [6, 6.07) is 11.2. The van der Waals surface area contributed by atoms with Crippen molar-refractivity contribution < 1.29 is 23.8 Å². The Kier molecular flexibility index (Phi) is 5.44. The summed E-state index contributed by atoms with van der Waals surface area (Å²) in [6.07, 6.45) is 4.72. The van der Waals surface area contributed by atoms with Gasteiger partial charge in [-0.2, -0.15) is 0 Å². The second-order valence-electron chi connectivity index (χ2n) is 6.89. The number of hydrogen-bond donors (Lipinski definition) is 1. The molecule has 1 saturated heterocycles. The lowest BCUT2D eigenvalue weighted by molar-refractivity contribution is -0.140. The number of carbonyl (C=O) groups is 2. The van der Waals surface area contributed by atoms with Crippen molar-refractivity contribution in [1.29, 1.82) is 0 Å². The Hall–Kier alpha value is -4.07. The fourth-order valence-electron chi connectivity index (χ4n) is 3.59. The molecule has 0 aliphatic carbocycles. The fourth-order valence-corrected chi connectivity index (χ4v) is 3.59. The molecule has 31 heavy (non-hydrogen) atoms. The Morgan fingerprint density at radius 2 is 2.00 bits per heavy atom. The number of nitrogens with zero attached hydrogens (tertiary/aromatic N) is 3. The quantitative estimate of drug-likeness (QED) is 0.388. The number of benzene rings is 1. The van der Waals surface area contributed by atoms with Crippen molar-refractivity contribution in [3.63, 3.8) is 0 Å². The largest absolute Gasteiger partial charge is 0.507 e. The normalized spacial score (nSPS) is 17.7. The summed E-state index contributed by atoms with van der Waals surface area (Å²) in [6.45, 7) is 0.0801. The second-order valence-corrected chi connectivity index (χ2v) is 6.89. The summed E-state index contributed by atoms with van der Waals surface area (Å²) < 4.78 is 19.1. The smallest absolute Gasteiger partial charge is 0.296 e. The van der Waals surface area contributed by atoms with Crippen LogP contribution in [0.15, 0.2) is 72.7 Å². The molecule has 3 aromatic rings. The van der Waals surface area contributed by atoms with Gasteiger partial charge in [0, 0.05) is 25.1 Å². The molecule has 1 N–H and O–H groups in total. The lowest BCUT2D eigenvalue weighted by Gasteiger charge is -2.24. The van der Waals surface area contributed by atoms with Gasteiger partial charge in [-0.15, -0.1) is 0 Å². The first kappa shape index (κ1) is 20.2. The van der Waals surface area contributed by atoms with Gasteiger partial charge in [-0.1, -0.05) is 12.1 Å². The van der Waals surface area contributed by atoms with Crippen molar-refractivity contribution in [1.82, 2.24) is 14.9 Å². The summed E-state index contributed by atoms with van der Waals surface area (Å²) in [7, 11) is 1.36. The average Bonchev–Trinajstić information content (AvgIpc) is 3.04. The molecule has 0 bridgehead atoms. The number of rotatable bonds is 5. The molecule has 1 aliphatic heterocycles. The Bertz CT molecular complexity index is 1170. The number of amides is 1. The van der Waals surface area contributed by atoms with E-state index in [0.29, 0.717) is 11.3 Å². The average molecular weight is 419 g/mol. The van der Waals surface area contributed by atoms with Gasteiger partial charge in [0.15, 0.2) is 0 Å². The highest BCUT2D eigenvalue weighted by Crippen LogP contribution is 2.41. The van der Waals surface area contributed by atoms with Crippen LogP contribution in [0.3, 0.4) is 0 Å². The number of methoxy groups -OCH3 is 1. The number of halogens is 1. The molecule has 7 nitrogen and oxygen atoms in total. The second kappa shape index (κ2) is 8.35. The molecule has 1 aromatic carbocycles. The first-order chi connectivity index (χ1) is 15.0. The van der Waals surface area contributed by atoms with E-state index in [1.807, 2.05) is 0 Å². The highest BCUT2D eigenvalue weighted by atomic mass is 19.1. The maximum atomic E-state index is 13.9. The molecule has 0 spiro atoms. The van der Waals surface area contributed by atoms with Crippen molar-refractivity contribution in [2.24, 2.45) is 0 Å².